The van der Waals surface area contributed by atoms with Gasteiger partial charge in [-0.15, -0.1) is 0 Å². The summed E-state index contributed by atoms with van der Waals surface area (Å²) >= 11 is 0. The summed E-state index contributed by atoms with van der Waals surface area (Å²) in [4.78, 5) is 4.46. The van der Waals surface area contributed by atoms with E-state index in [1.54, 1.807) is 0 Å². The van der Waals surface area contributed by atoms with Crippen LogP contribution in [0.1, 0.15) is 37.7 Å². The molecule has 0 spiro atoms. The second-order valence-corrected chi connectivity index (χ2v) is 5.38. The highest BCUT2D eigenvalue weighted by atomic mass is 16.5. The smallest absolute Gasteiger partial charge is 0.258 e. The first-order chi connectivity index (χ1) is 9.35. The lowest BCUT2D eigenvalue weighted by atomic mass is 10.0. The molecule has 108 valence electrons. The molecule has 0 fully saturated rings. The van der Waals surface area contributed by atoms with Gasteiger partial charge in [0.05, 0.1) is 0 Å². The molecule has 0 atom stereocenters. The molecule has 0 unspecified atom stereocenters. The second-order valence-electron chi connectivity index (χ2n) is 5.38. The molecule has 0 aliphatic carbocycles. The van der Waals surface area contributed by atoms with Gasteiger partial charge in [-0.25, -0.2) is 0 Å². The lowest BCUT2D eigenvalue weighted by molar-refractivity contribution is -0.0221. The van der Waals surface area contributed by atoms with Crippen molar-refractivity contribution in [1.29, 1.82) is 0 Å². The van der Waals surface area contributed by atoms with E-state index in [4.69, 9.17) is 15.0 Å². The molecule has 20 heavy (non-hydrogen) atoms. The number of hydrogen-bond donors (Lipinski definition) is 1. The van der Waals surface area contributed by atoms with Gasteiger partial charge in [0.15, 0.2) is 0 Å². The molecule has 0 amide bonds. The Kier molecular flexibility index (Phi) is 3.81. The molecular weight excluding hydrogens is 254 g/mol. The van der Waals surface area contributed by atoms with Crippen molar-refractivity contribution in [1.82, 2.24) is 10.1 Å². The fraction of sp³-hybridized carbons (Fsp3) is 0.467. The van der Waals surface area contributed by atoms with Gasteiger partial charge in [-0.3, -0.25) is 0 Å². The molecule has 0 aliphatic rings. The van der Waals surface area contributed by atoms with Crippen LogP contribution in [-0.2, 0) is 10.3 Å². The highest BCUT2D eigenvalue weighted by Gasteiger charge is 2.27. The molecule has 1 aromatic heterocycles. The summed E-state index contributed by atoms with van der Waals surface area (Å²) in [6.07, 6.45) is 0. The van der Waals surface area contributed by atoms with Gasteiger partial charge < -0.3 is 15.0 Å². The minimum atomic E-state index is -0.570. The zero-order valence-corrected chi connectivity index (χ0v) is 12.7. The van der Waals surface area contributed by atoms with E-state index in [0.29, 0.717) is 24.0 Å². The molecule has 2 aromatic rings. The molecule has 0 saturated heterocycles. The first-order valence-corrected chi connectivity index (χ1v) is 6.70. The lowest BCUT2D eigenvalue weighted by Crippen LogP contribution is -2.23. The van der Waals surface area contributed by atoms with Crippen molar-refractivity contribution in [2.24, 2.45) is 0 Å². The molecule has 0 radical (unpaired) electrons. The van der Waals surface area contributed by atoms with Crippen LogP contribution in [0.25, 0.3) is 11.5 Å². The predicted octanol–water partition coefficient (Wildman–Crippen LogP) is 3.21. The van der Waals surface area contributed by atoms with Crippen LogP contribution >= 0.6 is 0 Å². The SMILES string of the molecule is CCOC(C)(C)c1noc(-c2cc(N)cc(C)c2C)n1. The molecule has 0 aliphatic heterocycles. The third-order valence-electron chi connectivity index (χ3n) is 3.39. The Balaban J connectivity index is 2.44. The third kappa shape index (κ3) is 2.67. The molecule has 2 N–H and O–H groups in total. The van der Waals surface area contributed by atoms with Crippen LogP contribution in [0.3, 0.4) is 0 Å². The van der Waals surface area contributed by atoms with Crippen LogP contribution in [0.4, 0.5) is 5.69 Å². The monoisotopic (exact) mass is 275 g/mol. The van der Waals surface area contributed by atoms with Crippen LogP contribution in [-0.4, -0.2) is 16.7 Å². The van der Waals surface area contributed by atoms with E-state index in [9.17, 15) is 0 Å². The maximum atomic E-state index is 5.89. The standard InChI is InChI=1S/C15H21N3O2/c1-6-19-15(4,5)14-17-13(20-18-14)12-8-11(16)7-9(2)10(12)3/h7-8H,6,16H2,1-5H3. The van der Waals surface area contributed by atoms with Crippen LogP contribution in [0.2, 0.25) is 0 Å². The number of rotatable bonds is 4. The van der Waals surface area contributed by atoms with Crippen molar-refractivity contribution in [2.45, 2.75) is 40.2 Å². The van der Waals surface area contributed by atoms with Gasteiger partial charge in [-0.1, -0.05) is 5.16 Å². The molecule has 1 heterocycles. The summed E-state index contributed by atoms with van der Waals surface area (Å²) < 4.78 is 11.0. The van der Waals surface area contributed by atoms with Crippen molar-refractivity contribution >= 4 is 5.69 Å². The number of aryl methyl sites for hydroxylation is 1. The number of nitrogen functional groups attached to an aromatic ring is 1. The van der Waals surface area contributed by atoms with Crippen molar-refractivity contribution in [3.63, 3.8) is 0 Å². The number of anilines is 1. The van der Waals surface area contributed by atoms with Gasteiger partial charge in [0.25, 0.3) is 5.89 Å². The molecule has 5 heteroatoms. The highest BCUT2D eigenvalue weighted by molar-refractivity contribution is 5.66. The number of ether oxygens (including phenoxy) is 1. The van der Waals surface area contributed by atoms with Gasteiger partial charge in [-0.05, 0) is 57.9 Å². The second kappa shape index (κ2) is 5.25. The average molecular weight is 275 g/mol. The summed E-state index contributed by atoms with van der Waals surface area (Å²) in [5, 5.41) is 4.03. The van der Waals surface area contributed by atoms with Gasteiger partial charge in [-0.2, -0.15) is 4.98 Å². The van der Waals surface area contributed by atoms with E-state index in [2.05, 4.69) is 10.1 Å². The van der Waals surface area contributed by atoms with Gasteiger partial charge in [0, 0.05) is 17.9 Å². The van der Waals surface area contributed by atoms with Crippen LogP contribution in [0.15, 0.2) is 16.7 Å². The molecule has 2 rings (SSSR count). The molecule has 0 bridgehead atoms. The minimum absolute atomic E-state index is 0.473. The number of aromatic nitrogens is 2. The predicted molar refractivity (Wildman–Crippen MR) is 78.3 cm³/mol. The Hall–Kier alpha value is -1.88. The van der Waals surface area contributed by atoms with Crippen LogP contribution in [0.5, 0.6) is 0 Å². The third-order valence-corrected chi connectivity index (χ3v) is 3.39. The largest absolute Gasteiger partial charge is 0.399 e. The van der Waals surface area contributed by atoms with E-state index in [1.807, 2.05) is 46.8 Å². The Morgan fingerprint density at radius 3 is 2.65 bits per heavy atom. The van der Waals surface area contributed by atoms with Crippen LogP contribution in [0, 0.1) is 13.8 Å². The molecule has 0 saturated carbocycles. The molecular formula is C15H21N3O2. The number of benzene rings is 1. The lowest BCUT2D eigenvalue weighted by Gasteiger charge is -2.19. The van der Waals surface area contributed by atoms with Crippen molar-refractivity contribution in [3.8, 4) is 11.5 Å². The summed E-state index contributed by atoms with van der Waals surface area (Å²) in [5.41, 5.74) is 9.07. The maximum Gasteiger partial charge on any atom is 0.258 e. The number of nitrogens with two attached hydrogens (primary N) is 1. The first kappa shape index (κ1) is 14.5. The number of nitrogens with zero attached hydrogens (tertiary/aromatic N) is 2. The van der Waals surface area contributed by atoms with Crippen molar-refractivity contribution < 1.29 is 9.26 Å². The summed E-state index contributed by atoms with van der Waals surface area (Å²) in [6.45, 7) is 10.4. The topological polar surface area (TPSA) is 74.2 Å². The summed E-state index contributed by atoms with van der Waals surface area (Å²) in [6, 6.07) is 3.79. The molecule has 5 nitrogen and oxygen atoms in total. The fourth-order valence-electron chi connectivity index (χ4n) is 2.11. The van der Waals surface area contributed by atoms with Gasteiger partial charge in [0.2, 0.25) is 5.82 Å². The van der Waals surface area contributed by atoms with Gasteiger partial charge >= 0.3 is 0 Å². The van der Waals surface area contributed by atoms with Gasteiger partial charge in [0.1, 0.15) is 5.60 Å². The minimum Gasteiger partial charge on any atom is -0.399 e. The van der Waals surface area contributed by atoms with E-state index in [-0.39, 0.29) is 0 Å². The Morgan fingerprint density at radius 2 is 2.00 bits per heavy atom. The Morgan fingerprint density at radius 1 is 1.30 bits per heavy atom. The van der Waals surface area contributed by atoms with E-state index >= 15 is 0 Å². The maximum absolute atomic E-state index is 5.89. The summed E-state index contributed by atoms with van der Waals surface area (Å²) in [7, 11) is 0. The van der Waals surface area contributed by atoms with Crippen molar-refractivity contribution in [2.75, 3.05) is 12.3 Å². The highest BCUT2D eigenvalue weighted by Crippen LogP contribution is 2.29. The summed E-state index contributed by atoms with van der Waals surface area (Å²) in [5.74, 6) is 1.01. The van der Waals surface area contributed by atoms with E-state index in [0.717, 1.165) is 16.7 Å². The quantitative estimate of drug-likeness (QED) is 0.867. The Bertz CT molecular complexity index is 618. The fourth-order valence-corrected chi connectivity index (χ4v) is 2.11. The van der Waals surface area contributed by atoms with Crippen molar-refractivity contribution in [3.05, 3.63) is 29.1 Å². The molecule has 1 aromatic carbocycles. The average Bonchev–Trinajstić information content (AvgIpc) is 2.83. The zero-order chi connectivity index (χ0) is 14.9. The normalized spacial score (nSPS) is 11.8. The number of hydrogen-bond acceptors (Lipinski definition) is 5. The zero-order valence-electron chi connectivity index (χ0n) is 12.7. The van der Waals surface area contributed by atoms with E-state index < -0.39 is 5.60 Å². The van der Waals surface area contributed by atoms with E-state index in [1.165, 1.54) is 0 Å². The van der Waals surface area contributed by atoms with Crippen LogP contribution < -0.4 is 5.73 Å². The Labute approximate surface area is 119 Å². The first-order valence-electron chi connectivity index (χ1n) is 6.70.